The second kappa shape index (κ2) is 10.4. The van der Waals surface area contributed by atoms with Crippen LogP contribution in [0.2, 0.25) is 0 Å². The Morgan fingerprint density at radius 1 is 1.13 bits per heavy atom. The van der Waals surface area contributed by atoms with E-state index in [-0.39, 0.29) is 30.2 Å². The average Bonchev–Trinajstić information content (AvgIpc) is 3.11. The maximum absolute atomic E-state index is 12.5. The van der Waals surface area contributed by atoms with E-state index in [1.165, 1.54) is 6.92 Å². The molecule has 0 spiro atoms. The highest BCUT2D eigenvalue weighted by Crippen LogP contribution is 2.20. The fourth-order valence-electron chi connectivity index (χ4n) is 3.58. The van der Waals surface area contributed by atoms with Crippen molar-refractivity contribution < 1.29 is 14.4 Å². The van der Waals surface area contributed by atoms with E-state index < -0.39 is 0 Å². The number of nitrogens with zero attached hydrogens (tertiary/aromatic N) is 1. The van der Waals surface area contributed by atoms with E-state index in [0.717, 1.165) is 34.1 Å². The fraction of sp³-hybridized carbons (Fsp3) is 0.348. The van der Waals surface area contributed by atoms with Gasteiger partial charge in [-0.15, -0.1) is 0 Å². The first kappa shape index (κ1) is 22.0. The summed E-state index contributed by atoms with van der Waals surface area (Å²) in [6.07, 6.45) is 1.70. The van der Waals surface area contributed by atoms with Gasteiger partial charge in [-0.2, -0.15) is 0 Å². The van der Waals surface area contributed by atoms with Gasteiger partial charge in [-0.25, -0.2) is 0 Å². The van der Waals surface area contributed by atoms with E-state index in [1.54, 1.807) is 0 Å². The molecule has 2 N–H and O–H groups in total. The molecule has 7 heteroatoms. The molecule has 6 nitrogen and oxygen atoms in total. The summed E-state index contributed by atoms with van der Waals surface area (Å²) in [6, 6.07) is 15.1. The predicted molar refractivity (Wildman–Crippen MR) is 118 cm³/mol. The predicted octanol–water partition coefficient (Wildman–Crippen LogP) is 3.46. The fourth-order valence-corrected chi connectivity index (χ4v) is 3.84. The molecule has 0 aromatic heterocycles. The van der Waals surface area contributed by atoms with Gasteiger partial charge in [-0.3, -0.25) is 14.4 Å². The van der Waals surface area contributed by atoms with E-state index >= 15 is 0 Å². The lowest BCUT2D eigenvalue weighted by Crippen LogP contribution is -2.32. The molecule has 0 aliphatic carbocycles. The van der Waals surface area contributed by atoms with Crippen LogP contribution in [0.15, 0.2) is 53.0 Å². The van der Waals surface area contributed by atoms with Crippen molar-refractivity contribution in [2.24, 2.45) is 0 Å². The van der Waals surface area contributed by atoms with Crippen molar-refractivity contribution in [1.29, 1.82) is 0 Å². The van der Waals surface area contributed by atoms with Crippen LogP contribution >= 0.6 is 15.9 Å². The lowest BCUT2D eigenvalue weighted by atomic mass is 10.0. The number of carbonyl (C=O) groups is 3. The number of hydrogen-bond donors (Lipinski definition) is 2. The summed E-state index contributed by atoms with van der Waals surface area (Å²) in [5.41, 5.74) is 2.91. The van der Waals surface area contributed by atoms with Crippen molar-refractivity contribution in [3.63, 3.8) is 0 Å². The third kappa shape index (κ3) is 6.42. The second-order valence-electron chi connectivity index (χ2n) is 7.52. The van der Waals surface area contributed by atoms with Crippen molar-refractivity contribution in [1.82, 2.24) is 15.5 Å². The topological polar surface area (TPSA) is 78.5 Å². The van der Waals surface area contributed by atoms with Crippen molar-refractivity contribution in [3.05, 3.63) is 69.7 Å². The molecule has 30 heavy (non-hydrogen) atoms. The van der Waals surface area contributed by atoms with Gasteiger partial charge in [0.1, 0.15) is 0 Å². The van der Waals surface area contributed by atoms with E-state index in [4.69, 9.17) is 0 Å². The Hall–Kier alpha value is -2.67. The molecule has 1 atom stereocenters. The van der Waals surface area contributed by atoms with Crippen molar-refractivity contribution in [2.45, 2.75) is 45.3 Å². The Bertz CT molecular complexity index is 914. The summed E-state index contributed by atoms with van der Waals surface area (Å²) in [7, 11) is 0. The van der Waals surface area contributed by atoms with Gasteiger partial charge < -0.3 is 15.5 Å². The first-order valence-corrected chi connectivity index (χ1v) is 10.8. The van der Waals surface area contributed by atoms with Crippen molar-refractivity contribution >= 4 is 33.7 Å². The van der Waals surface area contributed by atoms with E-state index in [9.17, 15) is 14.4 Å². The molecule has 3 amide bonds. The van der Waals surface area contributed by atoms with Crippen LogP contribution in [0.5, 0.6) is 0 Å². The zero-order chi connectivity index (χ0) is 21.5. The molecule has 0 bridgehead atoms. The highest BCUT2D eigenvalue weighted by molar-refractivity contribution is 9.10. The summed E-state index contributed by atoms with van der Waals surface area (Å²) >= 11 is 3.40. The minimum absolute atomic E-state index is 0.142. The van der Waals surface area contributed by atoms with Gasteiger partial charge >= 0.3 is 0 Å². The molecule has 1 fully saturated rings. The Balaban J connectivity index is 1.57. The summed E-state index contributed by atoms with van der Waals surface area (Å²) in [5.74, 6) is -0.123. The van der Waals surface area contributed by atoms with E-state index in [0.29, 0.717) is 19.5 Å². The molecule has 1 heterocycles. The van der Waals surface area contributed by atoms with Gasteiger partial charge in [0, 0.05) is 37.5 Å². The summed E-state index contributed by atoms with van der Waals surface area (Å²) in [6.45, 7) is 3.25. The number of amides is 3. The van der Waals surface area contributed by atoms with Crippen molar-refractivity contribution in [3.8, 4) is 0 Å². The zero-order valence-corrected chi connectivity index (χ0v) is 18.6. The molecule has 2 aromatic rings. The second-order valence-corrected chi connectivity index (χ2v) is 8.44. The van der Waals surface area contributed by atoms with Gasteiger partial charge in [0.15, 0.2) is 0 Å². The summed E-state index contributed by atoms with van der Waals surface area (Å²) in [4.78, 5) is 37.8. The van der Waals surface area contributed by atoms with Gasteiger partial charge in [0.05, 0.1) is 12.5 Å². The number of nitrogens with one attached hydrogen (secondary N) is 2. The maximum atomic E-state index is 12.5. The Kier molecular flexibility index (Phi) is 7.63. The van der Waals surface area contributed by atoms with Gasteiger partial charge in [-0.05, 0) is 35.2 Å². The van der Waals surface area contributed by atoms with E-state index in [1.807, 2.05) is 53.4 Å². The number of hydrogen-bond acceptors (Lipinski definition) is 3. The van der Waals surface area contributed by atoms with Crippen LogP contribution in [-0.4, -0.2) is 29.2 Å². The molecule has 1 aliphatic rings. The highest BCUT2D eigenvalue weighted by Gasteiger charge is 2.20. The monoisotopic (exact) mass is 471 g/mol. The molecule has 0 saturated carbocycles. The lowest BCUT2D eigenvalue weighted by Gasteiger charge is -2.18. The molecule has 3 rings (SSSR count). The number of carbonyl (C=O) groups excluding carboxylic acids is 3. The minimum Gasteiger partial charge on any atom is -0.352 e. The van der Waals surface area contributed by atoms with Crippen LogP contribution in [0.1, 0.15) is 48.9 Å². The smallest absolute Gasteiger partial charge is 0.222 e. The number of benzene rings is 2. The first-order valence-electron chi connectivity index (χ1n) is 10.1. The molecule has 0 radical (unpaired) electrons. The largest absolute Gasteiger partial charge is 0.352 e. The van der Waals surface area contributed by atoms with E-state index in [2.05, 4.69) is 26.6 Å². The third-order valence-corrected chi connectivity index (χ3v) is 5.59. The summed E-state index contributed by atoms with van der Waals surface area (Å²) in [5, 5.41) is 5.78. The molecule has 1 unspecified atom stereocenters. The lowest BCUT2D eigenvalue weighted by molar-refractivity contribution is -0.128. The number of likely N-dealkylation sites (tertiary alicyclic amines) is 1. The van der Waals surface area contributed by atoms with Crippen LogP contribution in [0.3, 0.4) is 0 Å². The molecule has 158 valence electrons. The van der Waals surface area contributed by atoms with Crippen LogP contribution in [0.4, 0.5) is 0 Å². The molecule has 1 aliphatic heterocycles. The quantitative estimate of drug-likeness (QED) is 0.618. The first-order chi connectivity index (χ1) is 14.4. The van der Waals surface area contributed by atoms with Crippen LogP contribution in [0, 0.1) is 0 Å². The van der Waals surface area contributed by atoms with Crippen LogP contribution in [0.25, 0.3) is 0 Å². The third-order valence-electron chi connectivity index (χ3n) is 5.07. The van der Waals surface area contributed by atoms with Gasteiger partial charge in [0.25, 0.3) is 0 Å². The van der Waals surface area contributed by atoms with Crippen LogP contribution < -0.4 is 10.6 Å². The Labute approximate surface area is 185 Å². The molecule has 1 saturated heterocycles. The zero-order valence-electron chi connectivity index (χ0n) is 17.0. The Morgan fingerprint density at radius 3 is 2.53 bits per heavy atom. The molecular formula is C23H26BrN3O3. The SMILES string of the molecule is CC(=O)NC(CC(=O)NCc1cccc(CN2CCCC2=O)c1)c1ccc(Br)cc1. The molecular weight excluding hydrogens is 446 g/mol. The van der Waals surface area contributed by atoms with Crippen LogP contribution in [-0.2, 0) is 27.5 Å². The highest BCUT2D eigenvalue weighted by atomic mass is 79.9. The number of rotatable bonds is 8. The standard InChI is InChI=1S/C23H26BrN3O3/c1-16(28)26-21(19-7-9-20(24)10-8-19)13-22(29)25-14-17-4-2-5-18(12-17)15-27-11-3-6-23(27)30/h2,4-5,7-10,12,21H,3,6,11,13-15H2,1H3,(H,25,29)(H,26,28). The van der Waals surface area contributed by atoms with Crippen molar-refractivity contribution in [2.75, 3.05) is 6.54 Å². The average molecular weight is 472 g/mol. The molecule has 2 aromatic carbocycles. The maximum Gasteiger partial charge on any atom is 0.222 e. The normalized spacial score (nSPS) is 14.5. The van der Waals surface area contributed by atoms with Gasteiger partial charge in [0.2, 0.25) is 17.7 Å². The number of halogens is 1. The minimum atomic E-state index is -0.386. The Morgan fingerprint density at radius 2 is 1.87 bits per heavy atom. The summed E-state index contributed by atoms with van der Waals surface area (Å²) < 4.78 is 0.938. The van der Waals surface area contributed by atoms with Gasteiger partial charge in [-0.1, -0.05) is 52.3 Å².